The lowest BCUT2D eigenvalue weighted by molar-refractivity contribution is 0.603. The molecule has 2 rings (SSSR count). The van der Waals surface area contributed by atoms with Crippen molar-refractivity contribution in [3.63, 3.8) is 0 Å². The Morgan fingerprint density at radius 1 is 1.37 bits per heavy atom. The molecule has 0 spiro atoms. The van der Waals surface area contributed by atoms with Crippen molar-refractivity contribution in [1.29, 1.82) is 0 Å². The van der Waals surface area contributed by atoms with Crippen LogP contribution in [0.1, 0.15) is 63.1 Å². The minimum atomic E-state index is 0.415. The van der Waals surface area contributed by atoms with E-state index in [4.69, 9.17) is 4.98 Å². The summed E-state index contributed by atoms with van der Waals surface area (Å²) in [5, 5.41) is 4.72. The predicted molar refractivity (Wildman–Crippen MR) is 84.2 cm³/mol. The molecule has 0 amide bonds. The van der Waals surface area contributed by atoms with Gasteiger partial charge in [-0.05, 0) is 40.2 Å². The van der Waals surface area contributed by atoms with E-state index in [2.05, 4.69) is 37.9 Å². The molecule has 1 aliphatic carbocycles. The molecule has 0 radical (unpaired) electrons. The number of thiazole rings is 1. The minimum Gasteiger partial charge on any atom is -0.345 e. The SMILES string of the molecule is CCNC(C)c1sc(N(CC)C2CCCC2)nc1C. The third-order valence-corrected chi connectivity index (χ3v) is 5.45. The first-order chi connectivity index (χ1) is 9.17. The van der Waals surface area contributed by atoms with E-state index >= 15 is 0 Å². The molecule has 1 saturated carbocycles. The number of aromatic nitrogens is 1. The lowest BCUT2D eigenvalue weighted by Gasteiger charge is -2.27. The molecule has 0 bridgehead atoms. The number of rotatable bonds is 6. The highest BCUT2D eigenvalue weighted by molar-refractivity contribution is 7.15. The van der Waals surface area contributed by atoms with Crippen molar-refractivity contribution in [2.24, 2.45) is 0 Å². The Bertz CT molecular complexity index is 396. The molecule has 108 valence electrons. The maximum atomic E-state index is 4.83. The van der Waals surface area contributed by atoms with Crippen LogP contribution < -0.4 is 10.2 Å². The van der Waals surface area contributed by atoms with Crippen LogP contribution in [0, 0.1) is 6.92 Å². The van der Waals surface area contributed by atoms with Crippen LogP contribution in [0.4, 0.5) is 5.13 Å². The third kappa shape index (κ3) is 3.29. The molecule has 3 nitrogen and oxygen atoms in total. The van der Waals surface area contributed by atoms with Gasteiger partial charge in [0, 0.05) is 23.5 Å². The van der Waals surface area contributed by atoms with E-state index < -0.39 is 0 Å². The first-order valence-corrected chi connectivity index (χ1v) is 8.46. The number of nitrogens with zero attached hydrogens (tertiary/aromatic N) is 2. The third-order valence-electron chi connectivity index (χ3n) is 4.08. The van der Waals surface area contributed by atoms with Gasteiger partial charge < -0.3 is 10.2 Å². The molecule has 4 heteroatoms. The lowest BCUT2D eigenvalue weighted by Crippen LogP contribution is -2.32. The molecule has 1 aromatic heterocycles. The highest BCUT2D eigenvalue weighted by Gasteiger charge is 2.25. The van der Waals surface area contributed by atoms with Crippen molar-refractivity contribution < 1.29 is 0 Å². The van der Waals surface area contributed by atoms with Gasteiger partial charge in [0.2, 0.25) is 0 Å². The van der Waals surface area contributed by atoms with Crippen LogP contribution in [0.2, 0.25) is 0 Å². The second-order valence-corrected chi connectivity index (χ2v) is 6.46. The Labute approximate surface area is 121 Å². The van der Waals surface area contributed by atoms with Crippen LogP contribution >= 0.6 is 11.3 Å². The highest BCUT2D eigenvalue weighted by Crippen LogP contribution is 2.34. The summed E-state index contributed by atoms with van der Waals surface area (Å²) in [6, 6.07) is 1.14. The number of hydrogen-bond acceptors (Lipinski definition) is 4. The van der Waals surface area contributed by atoms with Crippen LogP contribution in [0.15, 0.2) is 0 Å². The van der Waals surface area contributed by atoms with Gasteiger partial charge in [0.15, 0.2) is 5.13 Å². The zero-order chi connectivity index (χ0) is 13.8. The molecule has 19 heavy (non-hydrogen) atoms. The average molecular weight is 281 g/mol. The zero-order valence-corrected chi connectivity index (χ0v) is 13.5. The van der Waals surface area contributed by atoms with Gasteiger partial charge in [-0.1, -0.05) is 19.8 Å². The summed E-state index contributed by atoms with van der Waals surface area (Å²) in [5.41, 5.74) is 1.20. The first-order valence-electron chi connectivity index (χ1n) is 7.64. The molecular weight excluding hydrogens is 254 g/mol. The van der Waals surface area contributed by atoms with E-state index in [-0.39, 0.29) is 0 Å². The van der Waals surface area contributed by atoms with Crippen LogP contribution in [0.3, 0.4) is 0 Å². The van der Waals surface area contributed by atoms with Crippen molar-refractivity contribution in [3.8, 4) is 0 Å². The molecule has 0 saturated heterocycles. The van der Waals surface area contributed by atoms with Gasteiger partial charge in [-0.15, -0.1) is 11.3 Å². The van der Waals surface area contributed by atoms with Crippen molar-refractivity contribution in [2.75, 3.05) is 18.0 Å². The van der Waals surface area contributed by atoms with Crippen LogP contribution in [0.5, 0.6) is 0 Å². The van der Waals surface area contributed by atoms with Gasteiger partial charge >= 0.3 is 0 Å². The van der Waals surface area contributed by atoms with Gasteiger partial charge in [-0.2, -0.15) is 0 Å². The topological polar surface area (TPSA) is 28.2 Å². The van der Waals surface area contributed by atoms with Crippen LogP contribution in [-0.4, -0.2) is 24.1 Å². The van der Waals surface area contributed by atoms with Gasteiger partial charge in [0.1, 0.15) is 0 Å². The highest BCUT2D eigenvalue weighted by atomic mass is 32.1. The molecule has 1 fully saturated rings. The zero-order valence-electron chi connectivity index (χ0n) is 12.7. The number of anilines is 1. The maximum absolute atomic E-state index is 4.83. The Hall–Kier alpha value is -0.610. The number of nitrogens with one attached hydrogen (secondary N) is 1. The Balaban J connectivity index is 2.17. The summed E-state index contributed by atoms with van der Waals surface area (Å²) in [7, 11) is 0. The van der Waals surface area contributed by atoms with Gasteiger partial charge in [0.05, 0.1) is 5.69 Å². The second kappa shape index (κ2) is 6.71. The lowest BCUT2D eigenvalue weighted by atomic mass is 10.2. The molecule has 1 unspecified atom stereocenters. The van der Waals surface area contributed by atoms with E-state index in [0.717, 1.165) is 19.1 Å². The molecule has 0 aromatic carbocycles. The fourth-order valence-electron chi connectivity index (χ4n) is 3.08. The summed E-state index contributed by atoms with van der Waals surface area (Å²) in [4.78, 5) is 8.75. The van der Waals surface area contributed by atoms with Gasteiger partial charge in [-0.3, -0.25) is 0 Å². The summed E-state index contributed by atoms with van der Waals surface area (Å²) in [6.07, 6.45) is 5.44. The molecular formula is C15H27N3S. The van der Waals surface area contributed by atoms with Crippen molar-refractivity contribution >= 4 is 16.5 Å². The van der Waals surface area contributed by atoms with Crippen LogP contribution in [-0.2, 0) is 0 Å². The molecule has 1 atom stereocenters. The van der Waals surface area contributed by atoms with Crippen molar-refractivity contribution in [1.82, 2.24) is 10.3 Å². The Kier molecular flexibility index (Phi) is 5.22. The maximum Gasteiger partial charge on any atom is 0.186 e. The summed E-state index contributed by atoms with van der Waals surface area (Å²) >= 11 is 1.88. The molecule has 0 aliphatic heterocycles. The van der Waals surface area contributed by atoms with E-state index in [1.165, 1.54) is 41.4 Å². The fraction of sp³-hybridized carbons (Fsp3) is 0.800. The molecule has 1 aliphatic rings. The predicted octanol–water partition coefficient (Wildman–Crippen LogP) is 3.89. The molecule has 1 N–H and O–H groups in total. The van der Waals surface area contributed by atoms with Crippen LogP contribution in [0.25, 0.3) is 0 Å². The van der Waals surface area contributed by atoms with E-state index in [0.29, 0.717) is 6.04 Å². The second-order valence-electron chi connectivity index (χ2n) is 5.45. The smallest absolute Gasteiger partial charge is 0.186 e. The summed E-state index contributed by atoms with van der Waals surface area (Å²) in [6.45, 7) is 10.9. The van der Waals surface area contributed by atoms with Crippen molar-refractivity contribution in [2.45, 2.75) is 65.5 Å². The summed E-state index contributed by atoms with van der Waals surface area (Å²) < 4.78 is 0. The average Bonchev–Trinajstić information content (AvgIpc) is 3.01. The Morgan fingerprint density at radius 3 is 2.63 bits per heavy atom. The van der Waals surface area contributed by atoms with E-state index in [1.54, 1.807) is 0 Å². The quantitative estimate of drug-likeness (QED) is 0.857. The van der Waals surface area contributed by atoms with Crippen molar-refractivity contribution in [3.05, 3.63) is 10.6 Å². The number of hydrogen-bond donors (Lipinski definition) is 1. The van der Waals surface area contributed by atoms with E-state index in [1.807, 2.05) is 11.3 Å². The van der Waals surface area contributed by atoms with E-state index in [9.17, 15) is 0 Å². The van der Waals surface area contributed by atoms with Gasteiger partial charge in [0.25, 0.3) is 0 Å². The fourth-order valence-corrected chi connectivity index (χ4v) is 4.31. The minimum absolute atomic E-state index is 0.415. The summed E-state index contributed by atoms with van der Waals surface area (Å²) in [5.74, 6) is 0. The molecule has 1 heterocycles. The van der Waals surface area contributed by atoms with Gasteiger partial charge in [-0.25, -0.2) is 4.98 Å². The normalized spacial score (nSPS) is 17.9. The largest absolute Gasteiger partial charge is 0.345 e. The first kappa shape index (κ1) is 14.8. The monoisotopic (exact) mass is 281 g/mol. The standard InChI is InChI=1S/C15H27N3S/c1-5-16-11(3)14-12(4)17-15(19-14)18(6-2)13-9-7-8-10-13/h11,13,16H,5-10H2,1-4H3. The number of aryl methyl sites for hydroxylation is 1. The Morgan fingerprint density at radius 2 is 2.05 bits per heavy atom. The molecule has 1 aromatic rings.